The molecule has 3 aromatic rings. The van der Waals surface area contributed by atoms with Crippen molar-refractivity contribution >= 4 is 29.0 Å². The summed E-state index contributed by atoms with van der Waals surface area (Å²) in [5.74, 6) is 0.558. The van der Waals surface area contributed by atoms with Crippen molar-refractivity contribution in [2.45, 2.75) is 20.0 Å². The van der Waals surface area contributed by atoms with Crippen LogP contribution < -0.4 is 10.2 Å². The minimum atomic E-state index is -0.342. The molecule has 1 amide bonds. The standard InChI is InChI=1S/C21H18ClN3O/c1-13-7-10-19(23-12-13)25-20(16-5-3-4-6-17(16)21(25)26)24-18-11-15(22)9-8-14(18)2/h3-12,20,24H,1-2H3/t20-/m1/s1. The van der Waals surface area contributed by atoms with Crippen molar-refractivity contribution in [3.05, 3.63) is 88.1 Å². The Morgan fingerprint density at radius 1 is 1.08 bits per heavy atom. The van der Waals surface area contributed by atoms with Crippen LogP contribution in [0.2, 0.25) is 5.02 Å². The number of aromatic nitrogens is 1. The highest BCUT2D eigenvalue weighted by atomic mass is 35.5. The highest BCUT2D eigenvalue weighted by Crippen LogP contribution is 2.38. The third-order valence-electron chi connectivity index (χ3n) is 4.60. The van der Waals surface area contributed by atoms with Crippen molar-refractivity contribution in [2.75, 3.05) is 10.2 Å². The highest BCUT2D eigenvalue weighted by Gasteiger charge is 2.38. The molecule has 0 fully saturated rings. The van der Waals surface area contributed by atoms with E-state index in [-0.39, 0.29) is 12.1 Å². The molecule has 5 heteroatoms. The average Bonchev–Trinajstić information content (AvgIpc) is 2.92. The van der Waals surface area contributed by atoms with E-state index < -0.39 is 0 Å². The van der Waals surface area contributed by atoms with Crippen molar-refractivity contribution in [3.63, 3.8) is 0 Å². The molecule has 1 aliphatic rings. The van der Waals surface area contributed by atoms with E-state index >= 15 is 0 Å². The third-order valence-corrected chi connectivity index (χ3v) is 4.83. The predicted molar refractivity (Wildman–Crippen MR) is 105 cm³/mol. The monoisotopic (exact) mass is 363 g/mol. The molecule has 1 N–H and O–H groups in total. The first-order valence-electron chi connectivity index (χ1n) is 8.42. The van der Waals surface area contributed by atoms with Crippen LogP contribution in [-0.4, -0.2) is 10.9 Å². The lowest BCUT2D eigenvalue weighted by Crippen LogP contribution is -2.33. The summed E-state index contributed by atoms with van der Waals surface area (Å²) < 4.78 is 0. The highest BCUT2D eigenvalue weighted by molar-refractivity contribution is 6.30. The van der Waals surface area contributed by atoms with Gasteiger partial charge in [-0.25, -0.2) is 4.98 Å². The van der Waals surface area contributed by atoms with Crippen LogP contribution in [0.3, 0.4) is 0 Å². The minimum absolute atomic E-state index is 0.0610. The van der Waals surface area contributed by atoms with Crippen molar-refractivity contribution in [1.29, 1.82) is 0 Å². The number of anilines is 2. The molecule has 2 aromatic carbocycles. The molecule has 4 rings (SSSR count). The van der Waals surface area contributed by atoms with E-state index in [1.165, 1.54) is 0 Å². The summed E-state index contributed by atoms with van der Waals surface area (Å²) >= 11 is 6.17. The third kappa shape index (κ3) is 2.82. The van der Waals surface area contributed by atoms with Gasteiger partial charge in [0.25, 0.3) is 5.91 Å². The lowest BCUT2D eigenvalue weighted by molar-refractivity contribution is 0.0992. The van der Waals surface area contributed by atoms with Crippen LogP contribution in [0.4, 0.5) is 11.5 Å². The molecule has 0 saturated carbocycles. The molecule has 0 bridgehead atoms. The molecule has 26 heavy (non-hydrogen) atoms. The summed E-state index contributed by atoms with van der Waals surface area (Å²) in [4.78, 5) is 19.2. The van der Waals surface area contributed by atoms with Crippen molar-refractivity contribution in [3.8, 4) is 0 Å². The number of amides is 1. The van der Waals surface area contributed by atoms with Gasteiger partial charge in [0, 0.05) is 28.0 Å². The Bertz CT molecular complexity index is 985. The molecular formula is C21H18ClN3O. The van der Waals surface area contributed by atoms with E-state index in [9.17, 15) is 4.79 Å². The molecule has 0 saturated heterocycles. The van der Waals surface area contributed by atoms with Crippen LogP contribution >= 0.6 is 11.6 Å². The predicted octanol–water partition coefficient (Wildman–Crippen LogP) is 5.12. The summed E-state index contributed by atoms with van der Waals surface area (Å²) in [5.41, 5.74) is 4.62. The largest absolute Gasteiger partial charge is 0.361 e. The van der Waals surface area contributed by atoms with Gasteiger partial charge in [-0.15, -0.1) is 0 Å². The second kappa shape index (κ2) is 6.46. The number of nitrogens with zero attached hydrogens (tertiary/aromatic N) is 2. The fourth-order valence-electron chi connectivity index (χ4n) is 3.19. The summed E-state index contributed by atoms with van der Waals surface area (Å²) in [6, 6.07) is 17.2. The van der Waals surface area contributed by atoms with E-state index in [0.717, 1.165) is 22.4 Å². The average molecular weight is 364 g/mol. The van der Waals surface area contributed by atoms with Crippen LogP contribution in [0, 0.1) is 13.8 Å². The first-order chi connectivity index (χ1) is 12.5. The lowest BCUT2D eigenvalue weighted by Gasteiger charge is -2.27. The number of fused-ring (bicyclic) bond motifs is 1. The van der Waals surface area contributed by atoms with Gasteiger partial charge in [-0.2, -0.15) is 0 Å². The molecule has 0 unspecified atom stereocenters. The summed E-state index contributed by atoms with van der Waals surface area (Å²) in [5, 5.41) is 4.13. The molecule has 1 aliphatic heterocycles. The molecule has 0 radical (unpaired) electrons. The van der Waals surface area contributed by atoms with Crippen LogP contribution in [0.15, 0.2) is 60.8 Å². The summed E-state index contributed by atoms with van der Waals surface area (Å²) in [6.07, 6.45) is 1.43. The summed E-state index contributed by atoms with van der Waals surface area (Å²) in [7, 11) is 0. The van der Waals surface area contributed by atoms with Gasteiger partial charge in [0.15, 0.2) is 0 Å². The van der Waals surface area contributed by atoms with Gasteiger partial charge in [-0.3, -0.25) is 9.69 Å². The van der Waals surface area contributed by atoms with E-state index in [0.29, 0.717) is 16.4 Å². The number of benzene rings is 2. The zero-order valence-corrected chi connectivity index (χ0v) is 15.3. The fourth-order valence-corrected chi connectivity index (χ4v) is 3.37. The number of carbonyl (C=O) groups excluding carboxylic acids is 1. The first kappa shape index (κ1) is 16.6. The molecule has 0 spiro atoms. The van der Waals surface area contributed by atoms with Crippen molar-refractivity contribution < 1.29 is 4.79 Å². The van der Waals surface area contributed by atoms with Gasteiger partial charge in [-0.1, -0.05) is 41.9 Å². The zero-order valence-electron chi connectivity index (χ0n) is 14.5. The number of hydrogen-bond donors (Lipinski definition) is 1. The Hall–Kier alpha value is -2.85. The zero-order chi connectivity index (χ0) is 18.3. The van der Waals surface area contributed by atoms with Gasteiger partial charge in [-0.05, 0) is 49.2 Å². The Morgan fingerprint density at radius 2 is 1.88 bits per heavy atom. The number of pyridine rings is 1. The SMILES string of the molecule is Cc1ccc(N2C(=O)c3ccccc3[C@@H]2Nc2cc(Cl)ccc2C)nc1. The maximum atomic E-state index is 13.1. The Morgan fingerprint density at radius 3 is 2.65 bits per heavy atom. The van der Waals surface area contributed by atoms with Crippen LogP contribution in [0.5, 0.6) is 0 Å². The summed E-state index contributed by atoms with van der Waals surface area (Å²) in [6.45, 7) is 3.98. The van der Waals surface area contributed by atoms with Crippen LogP contribution in [-0.2, 0) is 0 Å². The topological polar surface area (TPSA) is 45.2 Å². The maximum absolute atomic E-state index is 13.1. The van der Waals surface area contributed by atoms with Gasteiger partial charge in [0.05, 0.1) is 0 Å². The second-order valence-corrected chi connectivity index (χ2v) is 6.90. The first-order valence-corrected chi connectivity index (χ1v) is 8.80. The number of nitrogens with one attached hydrogen (secondary N) is 1. The normalized spacial score (nSPS) is 15.9. The van der Waals surface area contributed by atoms with Gasteiger partial charge in [0.2, 0.25) is 0 Å². The molecule has 130 valence electrons. The van der Waals surface area contributed by atoms with E-state index in [2.05, 4.69) is 10.3 Å². The van der Waals surface area contributed by atoms with Crippen molar-refractivity contribution in [1.82, 2.24) is 4.98 Å². The molecule has 1 aromatic heterocycles. The Balaban J connectivity index is 1.80. The molecule has 1 atom stereocenters. The van der Waals surface area contributed by atoms with E-state index in [1.54, 1.807) is 11.1 Å². The van der Waals surface area contributed by atoms with Gasteiger partial charge in [0.1, 0.15) is 12.0 Å². The minimum Gasteiger partial charge on any atom is -0.361 e. The van der Waals surface area contributed by atoms with Crippen LogP contribution in [0.25, 0.3) is 0 Å². The molecular weight excluding hydrogens is 346 g/mol. The van der Waals surface area contributed by atoms with Gasteiger partial charge < -0.3 is 5.32 Å². The number of rotatable bonds is 3. The van der Waals surface area contributed by atoms with E-state index in [1.807, 2.05) is 68.4 Å². The quantitative estimate of drug-likeness (QED) is 0.702. The molecule has 2 heterocycles. The second-order valence-electron chi connectivity index (χ2n) is 6.46. The number of halogens is 1. The lowest BCUT2D eigenvalue weighted by atomic mass is 10.1. The number of hydrogen-bond acceptors (Lipinski definition) is 3. The number of carbonyl (C=O) groups is 1. The number of aryl methyl sites for hydroxylation is 2. The fraction of sp³-hybridized carbons (Fsp3) is 0.143. The van der Waals surface area contributed by atoms with E-state index in [4.69, 9.17) is 11.6 Å². The Kier molecular flexibility index (Phi) is 4.13. The van der Waals surface area contributed by atoms with Crippen LogP contribution in [0.1, 0.15) is 33.2 Å². The molecule has 4 nitrogen and oxygen atoms in total. The molecule has 0 aliphatic carbocycles. The Labute approximate surface area is 157 Å². The maximum Gasteiger partial charge on any atom is 0.261 e. The van der Waals surface area contributed by atoms with Crippen molar-refractivity contribution in [2.24, 2.45) is 0 Å². The van der Waals surface area contributed by atoms with Gasteiger partial charge >= 0.3 is 0 Å². The smallest absolute Gasteiger partial charge is 0.261 e.